The van der Waals surface area contributed by atoms with Gasteiger partial charge in [0, 0.05) is 19.3 Å². The molecule has 0 fully saturated rings. The van der Waals surface area contributed by atoms with Crippen LogP contribution < -0.4 is 5.32 Å². The molecule has 0 aliphatic carbocycles. The molecule has 17 heavy (non-hydrogen) atoms. The van der Waals surface area contributed by atoms with Crippen molar-refractivity contribution >= 4 is 0 Å². The van der Waals surface area contributed by atoms with E-state index in [1.165, 1.54) is 12.1 Å². The van der Waals surface area contributed by atoms with Gasteiger partial charge in [-0.15, -0.1) is 0 Å². The Balaban J connectivity index is 2.53. The van der Waals surface area contributed by atoms with Crippen molar-refractivity contribution in [2.45, 2.75) is 54.1 Å². The molecule has 0 amide bonds. The first-order valence-corrected chi connectivity index (χ1v) is 6.72. The Bertz CT molecular complexity index is 326. The number of aryl methyl sites for hydroxylation is 1. The number of aromatic nitrogens is 2. The van der Waals surface area contributed by atoms with Crippen LogP contribution in [0, 0.1) is 18.8 Å². The lowest BCUT2D eigenvalue weighted by Gasteiger charge is -2.13. The van der Waals surface area contributed by atoms with Crippen molar-refractivity contribution in [2.24, 2.45) is 11.8 Å². The molecule has 0 radical (unpaired) electrons. The van der Waals surface area contributed by atoms with Gasteiger partial charge in [-0.05, 0) is 31.7 Å². The zero-order valence-electron chi connectivity index (χ0n) is 12.0. The fraction of sp³-hybridized carbons (Fsp3) is 0.786. The minimum Gasteiger partial charge on any atom is -0.331 e. The van der Waals surface area contributed by atoms with Crippen LogP contribution in [0.3, 0.4) is 0 Å². The summed E-state index contributed by atoms with van der Waals surface area (Å²) in [6, 6.07) is 0. The van der Waals surface area contributed by atoms with E-state index >= 15 is 0 Å². The van der Waals surface area contributed by atoms with Gasteiger partial charge in [0.2, 0.25) is 0 Å². The highest BCUT2D eigenvalue weighted by molar-refractivity contribution is 5.04. The van der Waals surface area contributed by atoms with Crippen molar-refractivity contribution < 1.29 is 0 Å². The SMILES string of the molecule is Cc1ncc(CNCC(C)C)n1CCC(C)C. The number of hydrogen-bond acceptors (Lipinski definition) is 2. The van der Waals surface area contributed by atoms with Gasteiger partial charge >= 0.3 is 0 Å². The minimum atomic E-state index is 0.697. The van der Waals surface area contributed by atoms with Crippen LogP contribution in [-0.4, -0.2) is 16.1 Å². The zero-order chi connectivity index (χ0) is 12.8. The van der Waals surface area contributed by atoms with Gasteiger partial charge in [0.1, 0.15) is 5.82 Å². The molecule has 0 saturated carbocycles. The Hall–Kier alpha value is -0.830. The molecular weight excluding hydrogens is 210 g/mol. The topological polar surface area (TPSA) is 29.9 Å². The summed E-state index contributed by atoms with van der Waals surface area (Å²) in [5.41, 5.74) is 1.31. The van der Waals surface area contributed by atoms with Crippen LogP contribution in [0.15, 0.2) is 6.20 Å². The highest BCUT2D eigenvalue weighted by Gasteiger charge is 2.07. The Morgan fingerprint density at radius 3 is 2.53 bits per heavy atom. The normalized spacial score (nSPS) is 11.7. The number of nitrogens with one attached hydrogen (secondary N) is 1. The monoisotopic (exact) mass is 237 g/mol. The Morgan fingerprint density at radius 2 is 1.94 bits per heavy atom. The summed E-state index contributed by atoms with van der Waals surface area (Å²) in [6.45, 7) is 14.2. The highest BCUT2D eigenvalue weighted by atomic mass is 15.1. The first-order chi connectivity index (χ1) is 8.00. The lowest BCUT2D eigenvalue weighted by molar-refractivity contribution is 0.486. The molecule has 1 heterocycles. The average molecular weight is 237 g/mol. The van der Waals surface area contributed by atoms with Crippen molar-refractivity contribution in [3.05, 3.63) is 17.7 Å². The smallest absolute Gasteiger partial charge is 0.105 e. The number of imidazole rings is 1. The van der Waals surface area contributed by atoms with Gasteiger partial charge in [0.05, 0.1) is 5.69 Å². The minimum absolute atomic E-state index is 0.697. The van der Waals surface area contributed by atoms with E-state index in [-0.39, 0.29) is 0 Å². The zero-order valence-corrected chi connectivity index (χ0v) is 12.0. The summed E-state index contributed by atoms with van der Waals surface area (Å²) in [5, 5.41) is 3.48. The molecule has 0 aliphatic heterocycles. The van der Waals surface area contributed by atoms with Crippen LogP contribution in [0.25, 0.3) is 0 Å². The summed E-state index contributed by atoms with van der Waals surface area (Å²) in [7, 11) is 0. The van der Waals surface area contributed by atoms with E-state index in [0.29, 0.717) is 5.92 Å². The number of hydrogen-bond donors (Lipinski definition) is 1. The van der Waals surface area contributed by atoms with Crippen molar-refractivity contribution in [3.8, 4) is 0 Å². The van der Waals surface area contributed by atoms with Crippen molar-refractivity contribution in [1.29, 1.82) is 0 Å². The molecule has 0 saturated heterocycles. The van der Waals surface area contributed by atoms with Crippen LogP contribution in [-0.2, 0) is 13.1 Å². The molecule has 1 N–H and O–H groups in total. The molecule has 3 heteroatoms. The van der Waals surface area contributed by atoms with Crippen LogP contribution in [0.5, 0.6) is 0 Å². The second-order valence-corrected chi connectivity index (χ2v) is 5.66. The van der Waals surface area contributed by atoms with E-state index in [2.05, 4.69) is 49.5 Å². The van der Waals surface area contributed by atoms with E-state index in [9.17, 15) is 0 Å². The molecule has 0 spiro atoms. The standard InChI is InChI=1S/C14H27N3/c1-11(2)6-7-17-13(5)16-10-14(17)9-15-8-12(3)4/h10-12,15H,6-9H2,1-5H3. The third-order valence-corrected chi connectivity index (χ3v) is 2.93. The molecule has 1 rings (SSSR count). The number of rotatable bonds is 7. The molecule has 1 aromatic heterocycles. The first kappa shape index (κ1) is 14.2. The summed E-state index contributed by atoms with van der Waals surface area (Å²) >= 11 is 0. The van der Waals surface area contributed by atoms with E-state index in [4.69, 9.17) is 0 Å². The molecule has 0 atom stereocenters. The van der Waals surface area contributed by atoms with Gasteiger partial charge in [-0.1, -0.05) is 27.7 Å². The van der Waals surface area contributed by atoms with Gasteiger partial charge in [-0.2, -0.15) is 0 Å². The summed E-state index contributed by atoms with van der Waals surface area (Å²) in [4.78, 5) is 4.42. The third-order valence-electron chi connectivity index (χ3n) is 2.93. The summed E-state index contributed by atoms with van der Waals surface area (Å²) < 4.78 is 2.34. The number of nitrogens with zero attached hydrogens (tertiary/aromatic N) is 2. The maximum absolute atomic E-state index is 4.42. The first-order valence-electron chi connectivity index (χ1n) is 6.72. The van der Waals surface area contributed by atoms with E-state index in [0.717, 1.165) is 31.4 Å². The van der Waals surface area contributed by atoms with Gasteiger partial charge in [0.25, 0.3) is 0 Å². The Kier molecular flexibility index (Phi) is 5.69. The molecule has 98 valence electrons. The summed E-state index contributed by atoms with van der Waals surface area (Å²) in [6.07, 6.45) is 3.22. The van der Waals surface area contributed by atoms with E-state index in [1.807, 2.05) is 6.20 Å². The molecule has 0 aliphatic rings. The van der Waals surface area contributed by atoms with Crippen molar-refractivity contribution in [1.82, 2.24) is 14.9 Å². The van der Waals surface area contributed by atoms with Crippen LogP contribution >= 0.6 is 0 Å². The second-order valence-electron chi connectivity index (χ2n) is 5.66. The second kappa shape index (κ2) is 6.80. The van der Waals surface area contributed by atoms with E-state index < -0.39 is 0 Å². The fourth-order valence-electron chi connectivity index (χ4n) is 1.84. The van der Waals surface area contributed by atoms with Crippen LogP contribution in [0.1, 0.15) is 45.6 Å². The quantitative estimate of drug-likeness (QED) is 0.790. The predicted molar refractivity (Wildman–Crippen MR) is 73.0 cm³/mol. The third kappa shape index (κ3) is 4.90. The molecule has 1 aromatic rings. The summed E-state index contributed by atoms with van der Waals surface area (Å²) in [5.74, 6) is 2.57. The van der Waals surface area contributed by atoms with Crippen LogP contribution in [0.4, 0.5) is 0 Å². The van der Waals surface area contributed by atoms with Crippen molar-refractivity contribution in [3.63, 3.8) is 0 Å². The highest BCUT2D eigenvalue weighted by Crippen LogP contribution is 2.09. The lowest BCUT2D eigenvalue weighted by atomic mass is 10.1. The fourth-order valence-corrected chi connectivity index (χ4v) is 1.84. The van der Waals surface area contributed by atoms with Gasteiger partial charge in [0.15, 0.2) is 0 Å². The van der Waals surface area contributed by atoms with E-state index in [1.54, 1.807) is 0 Å². The van der Waals surface area contributed by atoms with Crippen molar-refractivity contribution in [2.75, 3.05) is 6.54 Å². The molecule has 3 nitrogen and oxygen atoms in total. The molecule has 0 bridgehead atoms. The van der Waals surface area contributed by atoms with Crippen LogP contribution in [0.2, 0.25) is 0 Å². The molecular formula is C14H27N3. The van der Waals surface area contributed by atoms with Gasteiger partial charge < -0.3 is 9.88 Å². The average Bonchev–Trinajstić information content (AvgIpc) is 2.56. The largest absolute Gasteiger partial charge is 0.331 e. The predicted octanol–water partition coefficient (Wildman–Crippen LogP) is 2.98. The maximum atomic E-state index is 4.42. The molecule has 0 aromatic carbocycles. The molecule has 0 unspecified atom stereocenters. The van der Waals surface area contributed by atoms with Gasteiger partial charge in [-0.25, -0.2) is 4.98 Å². The van der Waals surface area contributed by atoms with Gasteiger partial charge in [-0.3, -0.25) is 0 Å². The Morgan fingerprint density at radius 1 is 1.24 bits per heavy atom. The maximum Gasteiger partial charge on any atom is 0.105 e. The Labute approximate surface area is 106 Å². The lowest BCUT2D eigenvalue weighted by Crippen LogP contribution is -2.21.